The van der Waals surface area contributed by atoms with E-state index in [1.54, 1.807) is 0 Å². The average Bonchev–Trinajstić information content (AvgIpc) is 4.17. The van der Waals surface area contributed by atoms with Crippen LogP contribution in [0.5, 0.6) is 0 Å². The third-order valence-electron chi connectivity index (χ3n) is 20.9. The average molecular weight is 1090 g/mol. The van der Waals surface area contributed by atoms with Gasteiger partial charge < -0.3 is 14.6 Å². The summed E-state index contributed by atoms with van der Waals surface area (Å²) in [6, 6.07) is 4.77. The van der Waals surface area contributed by atoms with Gasteiger partial charge in [0.25, 0.3) is 0 Å². The molecule has 454 valence electrons. The maximum absolute atomic E-state index is 12.6. The molecule has 0 atom stereocenters. The standard InChI is InChI=1S/C10H20O.C9H16F2.C9H18.C8H13N.C8H16.C7H11N.C7H14O.C6H12O.C6H12/c1-8(2)9-4-6-10(11-3)7-5-9;1-7(2)8-3-5-9(10,11)6-4-8;1-8(2)9-6-4-3-5-7-9;1-7(2)8(6-9)4-3-5-8;1-7(2)8-5-3-4-6-8;1-6(2)7(5-8)3-4-7;1-6(2)7(8-3)4-5-7;1-5(2)6(7)3-4-6;1-5(2)6-3-4-6/h8-10H,4-7H2,1-3H3;7-8H,3-6H2,1-2H3;8-9H,3-7H2,1-2H3;7H,3-5H2,1-2H3;7-8H,3-6H2,1-2H3;6H,3-4H2,1-2H3;6H,4-5H2,1-3H3;5,7H,3-4H2,1-2H3;5-6H,3-4H2,1-2H3. The molecule has 7 heteroatoms. The predicted octanol–water partition coefficient (Wildman–Crippen LogP) is 21.7. The smallest absolute Gasteiger partial charge is 0.248 e. The first-order valence-corrected chi connectivity index (χ1v) is 33.0. The van der Waals surface area contributed by atoms with Crippen LogP contribution in [-0.4, -0.2) is 42.6 Å². The zero-order valence-corrected chi connectivity index (χ0v) is 54.9. The van der Waals surface area contributed by atoms with Crippen LogP contribution in [0.3, 0.4) is 0 Å². The molecule has 5 nitrogen and oxygen atoms in total. The van der Waals surface area contributed by atoms with Gasteiger partial charge in [-0.1, -0.05) is 189 Å². The minimum Gasteiger partial charge on any atom is -0.390 e. The van der Waals surface area contributed by atoms with Crippen molar-refractivity contribution in [1.82, 2.24) is 0 Å². The van der Waals surface area contributed by atoms with Gasteiger partial charge in [-0.05, 0) is 186 Å². The summed E-state index contributed by atoms with van der Waals surface area (Å²) in [6.45, 7) is 40.0. The second-order valence-corrected chi connectivity index (χ2v) is 29.3. The van der Waals surface area contributed by atoms with Gasteiger partial charge in [0.1, 0.15) is 0 Å². The molecular formula is C70H132F2N2O3. The van der Waals surface area contributed by atoms with E-state index in [0.29, 0.717) is 60.1 Å². The van der Waals surface area contributed by atoms with Gasteiger partial charge in [-0.2, -0.15) is 10.5 Å². The number of hydrogen-bond donors (Lipinski definition) is 1. The maximum atomic E-state index is 12.6. The van der Waals surface area contributed by atoms with Crippen LogP contribution in [-0.2, 0) is 9.47 Å². The first-order valence-electron chi connectivity index (χ1n) is 33.0. The molecule has 0 radical (unpaired) electrons. The van der Waals surface area contributed by atoms with Gasteiger partial charge in [-0.25, -0.2) is 8.78 Å². The van der Waals surface area contributed by atoms with Gasteiger partial charge >= 0.3 is 0 Å². The Labute approximate surface area is 479 Å². The van der Waals surface area contributed by atoms with Crippen LogP contribution in [0.15, 0.2) is 0 Å². The summed E-state index contributed by atoms with van der Waals surface area (Å²) in [5, 5.41) is 26.5. The van der Waals surface area contributed by atoms with Crippen LogP contribution in [0.1, 0.15) is 304 Å². The quantitative estimate of drug-likeness (QED) is 0.223. The summed E-state index contributed by atoms with van der Waals surface area (Å²) >= 11 is 0. The lowest BCUT2D eigenvalue weighted by molar-refractivity contribution is -0.0504. The van der Waals surface area contributed by atoms with E-state index in [-0.39, 0.29) is 29.3 Å². The normalized spacial score (nSPS) is 25.1. The largest absolute Gasteiger partial charge is 0.390 e. The highest BCUT2D eigenvalue weighted by atomic mass is 19.3. The van der Waals surface area contributed by atoms with Crippen molar-refractivity contribution in [2.75, 3.05) is 14.2 Å². The molecule has 9 aliphatic rings. The van der Waals surface area contributed by atoms with E-state index in [0.717, 1.165) is 85.9 Å². The first-order chi connectivity index (χ1) is 35.9. The second kappa shape index (κ2) is 36.3. The number of nitrogens with zero attached hydrogens (tertiary/aromatic N) is 2. The van der Waals surface area contributed by atoms with E-state index in [1.165, 1.54) is 116 Å². The highest BCUT2D eigenvalue weighted by Crippen LogP contribution is 2.51. The van der Waals surface area contributed by atoms with Gasteiger partial charge in [0.15, 0.2) is 0 Å². The zero-order chi connectivity index (χ0) is 58.8. The minimum atomic E-state index is -2.36. The minimum absolute atomic E-state index is 0.0694. The van der Waals surface area contributed by atoms with Crippen LogP contribution in [0.2, 0.25) is 0 Å². The SMILES string of the molecule is CC(C)C1(C#N)CC1.CC(C)C1(C#N)CCC1.CC(C)C1(O)CC1.CC(C)C1CC1.CC(C)C1CCC(F)(F)CC1.CC(C)C1CCCC1.CC(C)C1CCCCC1.COC1(C(C)C)CC1.COC1CCC(C(C)C)CC1. The fourth-order valence-electron chi connectivity index (χ4n) is 12.1. The summed E-state index contributed by atoms with van der Waals surface area (Å²) in [5.74, 6) is 8.93. The molecule has 0 aromatic heterocycles. The van der Waals surface area contributed by atoms with Crippen molar-refractivity contribution in [3.8, 4) is 12.1 Å². The summed E-state index contributed by atoms with van der Waals surface area (Å²) in [4.78, 5) is 0. The van der Waals surface area contributed by atoms with Crippen molar-refractivity contribution in [3.63, 3.8) is 0 Å². The molecule has 1 N–H and O–H groups in total. The summed E-state index contributed by atoms with van der Waals surface area (Å²) in [6.07, 6.45) is 34.3. The second-order valence-electron chi connectivity index (χ2n) is 29.3. The Hall–Kier alpha value is -1.28. The predicted molar refractivity (Wildman–Crippen MR) is 327 cm³/mol. The molecule has 0 bridgehead atoms. The van der Waals surface area contributed by atoms with E-state index in [9.17, 15) is 13.9 Å². The van der Waals surface area contributed by atoms with Gasteiger partial charge in [-0.3, -0.25) is 0 Å². The lowest BCUT2D eigenvalue weighted by Crippen LogP contribution is -2.32. The molecule has 0 unspecified atom stereocenters. The summed E-state index contributed by atoms with van der Waals surface area (Å²) < 4.78 is 35.9. The number of aliphatic hydroxyl groups is 1. The van der Waals surface area contributed by atoms with Crippen molar-refractivity contribution >= 4 is 0 Å². The lowest BCUT2D eigenvalue weighted by atomic mass is 9.63. The van der Waals surface area contributed by atoms with E-state index < -0.39 is 5.92 Å². The summed E-state index contributed by atoms with van der Waals surface area (Å²) in [7, 11) is 3.65. The number of methoxy groups -OCH3 is 2. The zero-order valence-electron chi connectivity index (χ0n) is 54.9. The van der Waals surface area contributed by atoms with Crippen LogP contribution in [0.4, 0.5) is 8.78 Å². The number of halogens is 2. The molecule has 0 aromatic carbocycles. The van der Waals surface area contributed by atoms with E-state index in [2.05, 4.69) is 137 Å². The Morgan fingerprint density at radius 1 is 0.377 bits per heavy atom. The topological polar surface area (TPSA) is 86.3 Å². The number of nitriles is 2. The van der Waals surface area contributed by atoms with Crippen molar-refractivity contribution < 1.29 is 23.4 Å². The molecular weight excluding hydrogens is 955 g/mol. The molecule has 0 aromatic rings. The third-order valence-corrected chi connectivity index (χ3v) is 20.9. The van der Waals surface area contributed by atoms with Crippen LogP contribution >= 0.6 is 0 Å². The van der Waals surface area contributed by atoms with Gasteiger partial charge in [0.05, 0.1) is 40.3 Å². The fraction of sp³-hybridized carbons (Fsp3) is 0.971. The number of ether oxygens (including phenoxy) is 2. The molecule has 9 rings (SSSR count). The Morgan fingerprint density at radius 2 is 0.701 bits per heavy atom. The van der Waals surface area contributed by atoms with Crippen molar-refractivity contribution in [2.24, 2.45) is 93.7 Å². The Kier molecular flexibility index (Phi) is 34.8. The first kappa shape index (κ1) is 73.7. The Bertz CT molecular complexity index is 1550. The van der Waals surface area contributed by atoms with Gasteiger partial charge in [0, 0.05) is 27.1 Å². The fourth-order valence-corrected chi connectivity index (χ4v) is 12.1. The van der Waals surface area contributed by atoms with Crippen molar-refractivity contribution in [3.05, 3.63) is 0 Å². The monoisotopic (exact) mass is 1090 g/mol. The number of hydrogen-bond acceptors (Lipinski definition) is 5. The summed E-state index contributed by atoms with van der Waals surface area (Å²) in [5.41, 5.74) is 0.208. The number of rotatable bonds is 11. The molecule has 9 saturated carbocycles. The molecule has 0 amide bonds. The van der Waals surface area contributed by atoms with E-state index in [4.69, 9.17) is 20.0 Å². The Morgan fingerprint density at radius 3 is 0.857 bits per heavy atom. The van der Waals surface area contributed by atoms with Crippen molar-refractivity contribution in [1.29, 1.82) is 10.5 Å². The highest BCUT2D eigenvalue weighted by Gasteiger charge is 2.47. The van der Waals surface area contributed by atoms with Crippen molar-refractivity contribution in [2.45, 2.75) is 328 Å². The highest BCUT2D eigenvalue weighted by molar-refractivity contribution is 5.11. The molecule has 0 aliphatic heterocycles. The van der Waals surface area contributed by atoms with Crippen LogP contribution in [0.25, 0.3) is 0 Å². The molecule has 0 spiro atoms. The van der Waals surface area contributed by atoms with Gasteiger partial charge in [0.2, 0.25) is 5.92 Å². The Balaban J connectivity index is 0.000000435. The lowest BCUT2D eigenvalue weighted by Gasteiger charge is -2.38. The third kappa shape index (κ3) is 29.0. The maximum Gasteiger partial charge on any atom is 0.248 e. The molecule has 0 heterocycles. The van der Waals surface area contributed by atoms with Gasteiger partial charge in [-0.15, -0.1) is 0 Å². The molecule has 0 saturated heterocycles. The van der Waals surface area contributed by atoms with E-state index >= 15 is 0 Å². The van der Waals surface area contributed by atoms with Crippen LogP contribution in [0, 0.1) is 116 Å². The van der Waals surface area contributed by atoms with E-state index in [1.807, 2.05) is 14.2 Å². The molecule has 9 fully saturated rings. The number of alkyl halides is 2. The molecule has 77 heavy (non-hydrogen) atoms. The van der Waals surface area contributed by atoms with Crippen LogP contribution < -0.4 is 0 Å². The molecule has 9 aliphatic carbocycles.